The van der Waals surface area contributed by atoms with Gasteiger partial charge in [0.05, 0.1) is 0 Å². The van der Waals surface area contributed by atoms with Gasteiger partial charge in [-0.1, -0.05) is 26.0 Å². The predicted molar refractivity (Wildman–Crippen MR) is 83.0 cm³/mol. The number of nitrogens with zero attached hydrogens (tertiary/aromatic N) is 1. The van der Waals surface area contributed by atoms with E-state index in [1.807, 2.05) is 0 Å². The van der Waals surface area contributed by atoms with Gasteiger partial charge < -0.3 is 5.73 Å². The lowest BCUT2D eigenvalue weighted by Crippen LogP contribution is -2.24. The summed E-state index contributed by atoms with van der Waals surface area (Å²) in [6.07, 6.45) is 4.08. The summed E-state index contributed by atoms with van der Waals surface area (Å²) >= 11 is 0. The molecule has 2 heteroatoms. The van der Waals surface area contributed by atoms with Gasteiger partial charge in [0.2, 0.25) is 0 Å². The quantitative estimate of drug-likeness (QED) is 0.837. The minimum Gasteiger partial charge on any atom is -0.399 e. The Hall–Kier alpha value is -1.02. The summed E-state index contributed by atoms with van der Waals surface area (Å²) in [6, 6.07) is 6.50. The summed E-state index contributed by atoms with van der Waals surface area (Å²) in [7, 11) is 0. The maximum atomic E-state index is 6.00. The Labute approximate surface area is 118 Å². The molecular weight excluding hydrogens is 232 g/mol. The van der Waals surface area contributed by atoms with Gasteiger partial charge >= 0.3 is 0 Å². The highest BCUT2D eigenvalue weighted by Gasteiger charge is 2.19. The highest BCUT2D eigenvalue weighted by atomic mass is 15.1. The first kappa shape index (κ1) is 14.4. The van der Waals surface area contributed by atoms with Gasteiger partial charge in [-0.15, -0.1) is 0 Å². The van der Waals surface area contributed by atoms with Crippen LogP contribution in [0.2, 0.25) is 0 Å². The lowest BCUT2D eigenvalue weighted by Gasteiger charge is -2.21. The topological polar surface area (TPSA) is 29.3 Å². The van der Waals surface area contributed by atoms with Gasteiger partial charge in [0.25, 0.3) is 0 Å². The van der Waals surface area contributed by atoms with Crippen molar-refractivity contribution in [2.75, 3.05) is 18.8 Å². The second kappa shape index (κ2) is 6.42. The Kier molecular flexibility index (Phi) is 4.87. The molecule has 106 valence electrons. The highest BCUT2D eigenvalue weighted by molar-refractivity contribution is 5.48. The predicted octanol–water partition coefficient (Wildman–Crippen LogP) is 3.84. The third-order valence-electron chi connectivity index (χ3n) is 4.56. The second-order valence-corrected chi connectivity index (χ2v) is 6.40. The summed E-state index contributed by atoms with van der Waals surface area (Å²) in [5.41, 5.74) is 9.46. The molecule has 1 aromatic carbocycles. The molecule has 1 aliphatic rings. The minimum absolute atomic E-state index is 0.829. The summed E-state index contributed by atoms with van der Waals surface area (Å²) in [6.45, 7) is 10.3. The SMILES string of the molecule is Cc1ccc(CN2CCCC(C(C)C)CC2)cc1N. The number of nitrogen functional groups attached to an aromatic ring is 1. The number of anilines is 1. The molecule has 2 nitrogen and oxygen atoms in total. The molecule has 1 atom stereocenters. The van der Waals surface area contributed by atoms with E-state index in [0.29, 0.717) is 0 Å². The van der Waals surface area contributed by atoms with Crippen LogP contribution in [0.25, 0.3) is 0 Å². The maximum absolute atomic E-state index is 6.00. The third-order valence-corrected chi connectivity index (χ3v) is 4.56. The van der Waals surface area contributed by atoms with E-state index >= 15 is 0 Å². The average Bonchev–Trinajstić information content (AvgIpc) is 2.59. The van der Waals surface area contributed by atoms with Gasteiger partial charge in [0.15, 0.2) is 0 Å². The normalized spacial score (nSPS) is 21.6. The summed E-state index contributed by atoms with van der Waals surface area (Å²) in [5, 5.41) is 0. The van der Waals surface area contributed by atoms with Gasteiger partial charge in [0.1, 0.15) is 0 Å². The van der Waals surface area contributed by atoms with Crippen molar-refractivity contribution in [1.82, 2.24) is 4.90 Å². The third kappa shape index (κ3) is 3.97. The fraction of sp³-hybridized carbons (Fsp3) is 0.647. The number of benzene rings is 1. The van der Waals surface area contributed by atoms with Crippen LogP contribution in [0.5, 0.6) is 0 Å². The smallest absolute Gasteiger partial charge is 0.0346 e. The van der Waals surface area contributed by atoms with Gasteiger partial charge in [-0.2, -0.15) is 0 Å². The first-order valence-corrected chi connectivity index (χ1v) is 7.63. The molecule has 1 unspecified atom stereocenters. The molecule has 0 amide bonds. The molecule has 1 saturated heterocycles. The van der Waals surface area contributed by atoms with Gasteiger partial charge in [-0.3, -0.25) is 4.90 Å². The summed E-state index contributed by atoms with van der Waals surface area (Å²) in [5.74, 6) is 1.74. The molecule has 0 spiro atoms. The molecule has 2 N–H and O–H groups in total. The van der Waals surface area contributed by atoms with E-state index in [1.165, 1.54) is 43.5 Å². The molecule has 0 aromatic heterocycles. The highest BCUT2D eigenvalue weighted by Crippen LogP contribution is 2.25. The molecule has 2 rings (SSSR count). The Balaban J connectivity index is 1.94. The van der Waals surface area contributed by atoms with Gasteiger partial charge in [-0.05, 0) is 68.3 Å². The number of rotatable bonds is 3. The number of likely N-dealkylation sites (tertiary alicyclic amines) is 1. The zero-order chi connectivity index (χ0) is 13.8. The van der Waals surface area contributed by atoms with Crippen molar-refractivity contribution in [3.63, 3.8) is 0 Å². The van der Waals surface area contributed by atoms with E-state index in [4.69, 9.17) is 5.73 Å². The van der Waals surface area contributed by atoms with Crippen molar-refractivity contribution in [3.8, 4) is 0 Å². The zero-order valence-electron chi connectivity index (χ0n) is 12.7. The van der Waals surface area contributed by atoms with Gasteiger partial charge in [0, 0.05) is 12.2 Å². The van der Waals surface area contributed by atoms with Crippen LogP contribution in [0.15, 0.2) is 18.2 Å². The van der Waals surface area contributed by atoms with Crippen molar-refractivity contribution < 1.29 is 0 Å². The minimum atomic E-state index is 0.829. The number of nitrogens with two attached hydrogens (primary N) is 1. The Morgan fingerprint density at radius 1 is 1.26 bits per heavy atom. The monoisotopic (exact) mass is 260 g/mol. The van der Waals surface area contributed by atoms with Crippen LogP contribution in [0.4, 0.5) is 5.69 Å². The van der Waals surface area contributed by atoms with E-state index < -0.39 is 0 Å². The van der Waals surface area contributed by atoms with Crippen LogP contribution in [-0.4, -0.2) is 18.0 Å². The van der Waals surface area contributed by atoms with Crippen LogP contribution in [0.1, 0.15) is 44.2 Å². The van der Waals surface area contributed by atoms with Crippen molar-refractivity contribution >= 4 is 5.69 Å². The van der Waals surface area contributed by atoms with Crippen LogP contribution < -0.4 is 5.73 Å². The molecule has 1 aliphatic heterocycles. The van der Waals surface area contributed by atoms with Crippen LogP contribution in [0.3, 0.4) is 0 Å². The van der Waals surface area contributed by atoms with Crippen molar-refractivity contribution in [2.24, 2.45) is 11.8 Å². The number of aryl methyl sites for hydroxylation is 1. The standard InChI is InChI=1S/C17H28N2/c1-13(2)16-5-4-9-19(10-8-16)12-15-7-6-14(3)17(18)11-15/h6-7,11,13,16H,4-5,8-10,12,18H2,1-3H3. The first-order chi connectivity index (χ1) is 9.06. The van der Waals surface area contributed by atoms with Gasteiger partial charge in [-0.25, -0.2) is 0 Å². The van der Waals surface area contributed by atoms with E-state index in [-0.39, 0.29) is 0 Å². The van der Waals surface area contributed by atoms with Crippen molar-refractivity contribution in [2.45, 2.75) is 46.6 Å². The fourth-order valence-electron chi connectivity index (χ4n) is 3.05. The largest absolute Gasteiger partial charge is 0.399 e. The lowest BCUT2D eigenvalue weighted by molar-refractivity contribution is 0.265. The molecule has 0 aliphatic carbocycles. The fourth-order valence-corrected chi connectivity index (χ4v) is 3.05. The maximum Gasteiger partial charge on any atom is 0.0346 e. The average molecular weight is 260 g/mol. The second-order valence-electron chi connectivity index (χ2n) is 6.40. The summed E-state index contributed by atoms with van der Waals surface area (Å²) in [4.78, 5) is 2.59. The number of hydrogen-bond acceptors (Lipinski definition) is 2. The lowest BCUT2D eigenvalue weighted by atomic mass is 9.89. The van der Waals surface area contributed by atoms with Crippen molar-refractivity contribution in [1.29, 1.82) is 0 Å². The van der Waals surface area contributed by atoms with Crippen LogP contribution in [-0.2, 0) is 6.54 Å². The summed E-state index contributed by atoms with van der Waals surface area (Å²) < 4.78 is 0. The van der Waals surface area contributed by atoms with E-state index in [2.05, 4.69) is 43.9 Å². The molecule has 0 radical (unpaired) electrons. The Bertz CT molecular complexity index is 412. The molecule has 1 heterocycles. The Morgan fingerprint density at radius 3 is 2.74 bits per heavy atom. The molecule has 0 bridgehead atoms. The molecule has 0 saturated carbocycles. The molecule has 19 heavy (non-hydrogen) atoms. The molecule has 1 fully saturated rings. The molecule has 1 aromatic rings. The Morgan fingerprint density at radius 2 is 2.05 bits per heavy atom. The van der Waals surface area contributed by atoms with E-state index in [1.54, 1.807) is 0 Å². The van der Waals surface area contributed by atoms with Crippen molar-refractivity contribution in [3.05, 3.63) is 29.3 Å². The number of hydrogen-bond donors (Lipinski definition) is 1. The molecular formula is C17H28N2. The van der Waals surface area contributed by atoms with E-state index in [9.17, 15) is 0 Å². The first-order valence-electron chi connectivity index (χ1n) is 7.63. The zero-order valence-corrected chi connectivity index (χ0v) is 12.7. The van der Waals surface area contributed by atoms with E-state index in [0.717, 1.165) is 24.1 Å². The van der Waals surface area contributed by atoms with Crippen LogP contribution >= 0.6 is 0 Å². The van der Waals surface area contributed by atoms with Crippen LogP contribution in [0, 0.1) is 18.8 Å².